The van der Waals surface area contributed by atoms with E-state index in [1.807, 2.05) is 6.08 Å². The molecule has 3 atom stereocenters. The van der Waals surface area contributed by atoms with E-state index in [4.69, 9.17) is 9.47 Å². The molecule has 0 spiro atoms. The smallest absolute Gasteiger partial charge is 0.178 e. The van der Waals surface area contributed by atoms with Crippen molar-refractivity contribution >= 4 is 0 Å². The van der Waals surface area contributed by atoms with Crippen LogP contribution in [0.15, 0.2) is 11.6 Å². The lowest BCUT2D eigenvalue weighted by Gasteiger charge is -2.45. The van der Waals surface area contributed by atoms with Crippen LogP contribution < -0.4 is 0 Å². The lowest BCUT2D eigenvalue weighted by atomic mass is 9.83. The van der Waals surface area contributed by atoms with Gasteiger partial charge < -0.3 is 9.47 Å². The van der Waals surface area contributed by atoms with Crippen LogP contribution in [0, 0.1) is 5.92 Å². The van der Waals surface area contributed by atoms with Crippen LogP contribution in [0.3, 0.4) is 0 Å². The van der Waals surface area contributed by atoms with Crippen molar-refractivity contribution in [2.75, 3.05) is 0 Å². The fraction of sp³-hybridized carbons (Fsp3) is 0.846. The Morgan fingerprint density at radius 1 is 1.33 bits per heavy atom. The predicted molar refractivity (Wildman–Crippen MR) is 62.7 cm³/mol. The molecule has 88 valence electrons. The molecule has 2 nitrogen and oxygen atoms in total. The zero-order valence-corrected chi connectivity index (χ0v) is 10.8. The molecule has 0 aromatic carbocycles. The van der Waals surface area contributed by atoms with Crippen molar-refractivity contribution < 1.29 is 9.47 Å². The Morgan fingerprint density at radius 3 is 2.33 bits per heavy atom. The summed E-state index contributed by atoms with van der Waals surface area (Å²) in [6.45, 7) is 12.8. The standard InChI is InChI=1S/C13H24O2/c1-7-11-10(4)14-12(8-9(2)3)15-13(11,5)6/h8,10-12H,7H2,1-6H3. The maximum atomic E-state index is 5.96. The second kappa shape index (κ2) is 4.67. The molecule has 1 saturated heterocycles. The van der Waals surface area contributed by atoms with E-state index < -0.39 is 0 Å². The van der Waals surface area contributed by atoms with Crippen LogP contribution in [0.2, 0.25) is 0 Å². The summed E-state index contributed by atoms with van der Waals surface area (Å²) in [5, 5.41) is 0. The molecule has 1 aliphatic rings. The third-order valence-corrected chi connectivity index (χ3v) is 3.14. The normalized spacial score (nSPS) is 34.9. The molecule has 0 aromatic rings. The Bertz CT molecular complexity index is 239. The first kappa shape index (κ1) is 12.7. The van der Waals surface area contributed by atoms with Crippen LogP contribution in [-0.4, -0.2) is 18.0 Å². The molecule has 3 unspecified atom stereocenters. The fourth-order valence-electron chi connectivity index (χ4n) is 2.46. The first-order chi connectivity index (χ1) is 6.86. The Balaban J connectivity index is 2.77. The van der Waals surface area contributed by atoms with E-state index in [0.29, 0.717) is 5.92 Å². The topological polar surface area (TPSA) is 18.5 Å². The summed E-state index contributed by atoms with van der Waals surface area (Å²) < 4.78 is 11.8. The van der Waals surface area contributed by atoms with Crippen LogP contribution in [0.1, 0.15) is 48.0 Å². The number of rotatable bonds is 2. The molecular formula is C13H24O2. The highest BCUT2D eigenvalue weighted by Gasteiger charge is 2.41. The molecule has 2 heteroatoms. The van der Waals surface area contributed by atoms with Gasteiger partial charge in [-0.3, -0.25) is 0 Å². The van der Waals surface area contributed by atoms with E-state index in [9.17, 15) is 0 Å². The van der Waals surface area contributed by atoms with Gasteiger partial charge in [0, 0.05) is 5.92 Å². The van der Waals surface area contributed by atoms with E-state index in [2.05, 4.69) is 41.5 Å². The van der Waals surface area contributed by atoms with Gasteiger partial charge in [0.1, 0.15) is 0 Å². The van der Waals surface area contributed by atoms with Crippen LogP contribution in [0.25, 0.3) is 0 Å². The number of ether oxygens (including phenoxy) is 2. The Morgan fingerprint density at radius 2 is 1.93 bits per heavy atom. The maximum absolute atomic E-state index is 5.96. The summed E-state index contributed by atoms with van der Waals surface area (Å²) in [7, 11) is 0. The largest absolute Gasteiger partial charge is 0.346 e. The van der Waals surface area contributed by atoms with E-state index in [1.54, 1.807) is 0 Å². The van der Waals surface area contributed by atoms with Gasteiger partial charge in [-0.2, -0.15) is 0 Å². The van der Waals surface area contributed by atoms with Crippen molar-refractivity contribution in [3.8, 4) is 0 Å². The molecule has 0 aromatic heterocycles. The predicted octanol–water partition coefficient (Wildman–Crippen LogP) is 3.52. The average molecular weight is 212 g/mol. The molecule has 1 aliphatic heterocycles. The molecule has 1 heterocycles. The Hall–Kier alpha value is -0.340. The Labute approximate surface area is 93.7 Å². The monoisotopic (exact) mass is 212 g/mol. The lowest BCUT2D eigenvalue weighted by Crippen LogP contribution is -2.50. The van der Waals surface area contributed by atoms with E-state index in [1.165, 1.54) is 5.57 Å². The lowest BCUT2D eigenvalue weighted by molar-refractivity contribution is -0.277. The zero-order chi connectivity index (χ0) is 11.6. The summed E-state index contributed by atoms with van der Waals surface area (Å²) in [5.41, 5.74) is 1.14. The highest BCUT2D eigenvalue weighted by Crippen LogP contribution is 2.35. The third-order valence-electron chi connectivity index (χ3n) is 3.14. The van der Waals surface area contributed by atoms with Crippen molar-refractivity contribution in [3.63, 3.8) is 0 Å². The summed E-state index contributed by atoms with van der Waals surface area (Å²) in [4.78, 5) is 0. The van der Waals surface area contributed by atoms with Gasteiger partial charge >= 0.3 is 0 Å². The molecule has 0 aliphatic carbocycles. The van der Waals surface area contributed by atoms with Gasteiger partial charge in [0.15, 0.2) is 6.29 Å². The van der Waals surface area contributed by atoms with Crippen LogP contribution in [0.4, 0.5) is 0 Å². The van der Waals surface area contributed by atoms with E-state index >= 15 is 0 Å². The molecule has 0 amide bonds. The summed E-state index contributed by atoms with van der Waals surface area (Å²) in [6, 6.07) is 0. The first-order valence-corrected chi connectivity index (χ1v) is 5.85. The second-order valence-electron chi connectivity index (χ2n) is 5.19. The second-order valence-corrected chi connectivity index (χ2v) is 5.19. The molecule has 15 heavy (non-hydrogen) atoms. The quantitative estimate of drug-likeness (QED) is 0.652. The van der Waals surface area contributed by atoms with Crippen LogP contribution in [0.5, 0.6) is 0 Å². The van der Waals surface area contributed by atoms with Gasteiger partial charge in [-0.15, -0.1) is 0 Å². The van der Waals surface area contributed by atoms with Gasteiger partial charge in [0.25, 0.3) is 0 Å². The van der Waals surface area contributed by atoms with Crippen LogP contribution >= 0.6 is 0 Å². The van der Waals surface area contributed by atoms with Crippen LogP contribution in [-0.2, 0) is 9.47 Å². The molecule has 1 rings (SSSR count). The summed E-state index contributed by atoms with van der Waals surface area (Å²) in [5.74, 6) is 0.472. The van der Waals surface area contributed by atoms with Crippen molar-refractivity contribution in [3.05, 3.63) is 11.6 Å². The van der Waals surface area contributed by atoms with E-state index in [-0.39, 0.29) is 18.0 Å². The SMILES string of the molecule is CCC1C(C)OC(C=C(C)C)OC1(C)C. The minimum absolute atomic E-state index is 0.0942. The number of hydrogen-bond donors (Lipinski definition) is 0. The first-order valence-electron chi connectivity index (χ1n) is 5.85. The van der Waals surface area contributed by atoms with Gasteiger partial charge in [-0.1, -0.05) is 12.5 Å². The summed E-state index contributed by atoms with van der Waals surface area (Å²) >= 11 is 0. The molecular weight excluding hydrogens is 188 g/mol. The highest BCUT2D eigenvalue weighted by molar-refractivity contribution is 4.99. The molecule has 0 radical (unpaired) electrons. The highest BCUT2D eigenvalue weighted by atomic mass is 16.7. The maximum Gasteiger partial charge on any atom is 0.178 e. The van der Waals surface area contributed by atoms with Crippen molar-refractivity contribution in [1.82, 2.24) is 0 Å². The van der Waals surface area contributed by atoms with Gasteiger partial charge in [-0.25, -0.2) is 0 Å². The van der Waals surface area contributed by atoms with Gasteiger partial charge in [0.2, 0.25) is 0 Å². The fourth-order valence-corrected chi connectivity index (χ4v) is 2.46. The average Bonchev–Trinajstić information content (AvgIpc) is 1.99. The van der Waals surface area contributed by atoms with Gasteiger partial charge in [0.05, 0.1) is 11.7 Å². The van der Waals surface area contributed by atoms with Gasteiger partial charge in [-0.05, 0) is 47.1 Å². The van der Waals surface area contributed by atoms with Crippen molar-refractivity contribution in [2.45, 2.75) is 66.0 Å². The molecule has 1 fully saturated rings. The van der Waals surface area contributed by atoms with E-state index in [0.717, 1.165) is 6.42 Å². The minimum atomic E-state index is -0.178. The molecule has 0 N–H and O–H groups in total. The zero-order valence-electron chi connectivity index (χ0n) is 10.8. The number of hydrogen-bond acceptors (Lipinski definition) is 2. The third kappa shape index (κ3) is 3.05. The number of allylic oxidation sites excluding steroid dienone is 1. The Kier molecular flexibility index (Phi) is 3.96. The summed E-state index contributed by atoms with van der Waals surface area (Å²) in [6.07, 6.45) is 3.22. The molecule has 0 bridgehead atoms. The van der Waals surface area contributed by atoms with Crippen molar-refractivity contribution in [2.24, 2.45) is 5.92 Å². The van der Waals surface area contributed by atoms with Crippen molar-refractivity contribution in [1.29, 1.82) is 0 Å². The molecule has 0 saturated carbocycles. The minimum Gasteiger partial charge on any atom is -0.346 e.